The van der Waals surface area contributed by atoms with Gasteiger partial charge >= 0.3 is 0 Å². The van der Waals surface area contributed by atoms with Crippen molar-refractivity contribution in [3.63, 3.8) is 0 Å². The van der Waals surface area contributed by atoms with Gasteiger partial charge in [0.2, 0.25) is 5.91 Å². The van der Waals surface area contributed by atoms with Gasteiger partial charge in [-0.3, -0.25) is 4.79 Å². The van der Waals surface area contributed by atoms with Crippen molar-refractivity contribution in [3.05, 3.63) is 0 Å². The van der Waals surface area contributed by atoms with Crippen LogP contribution < -0.4 is 10.6 Å². The number of carbonyl (C=O) groups is 1. The number of hydrogen-bond acceptors (Lipinski definition) is 3. The van der Waals surface area contributed by atoms with E-state index in [0.29, 0.717) is 11.0 Å². The van der Waals surface area contributed by atoms with Crippen LogP contribution in [0.15, 0.2) is 0 Å². The average molecular weight is 298 g/mol. The van der Waals surface area contributed by atoms with E-state index < -0.39 is 0 Å². The molecule has 0 aromatic rings. The fourth-order valence-corrected chi connectivity index (χ4v) is 4.30. The summed E-state index contributed by atoms with van der Waals surface area (Å²) in [5, 5.41) is 7.15. The Morgan fingerprint density at radius 1 is 1.15 bits per heavy atom. The molecule has 2 N–H and O–H groups in total. The van der Waals surface area contributed by atoms with Crippen molar-refractivity contribution in [2.24, 2.45) is 11.8 Å². The fourth-order valence-electron chi connectivity index (χ4n) is 3.24. The Morgan fingerprint density at radius 3 is 2.55 bits per heavy atom. The minimum atomic E-state index is 0.234. The van der Waals surface area contributed by atoms with Crippen molar-refractivity contribution >= 4 is 17.7 Å². The monoisotopic (exact) mass is 298 g/mol. The predicted octanol–water partition coefficient (Wildman–Crippen LogP) is 2.80. The average Bonchev–Trinajstić information content (AvgIpc) is 2.48. The van der Waals surface area contributed by atoms with Gasteiger partial charge in [0.25, 0.3) is 0 Å². The van der Waals surface area contributed by atoms with Crippen molar-refractivity contribution in [1.29, 1.82) is 0 Å². The lowest BCUT2D eigenvalue weighted by Gasteiger charge is -2.26. The lowest BCUT2D eigenvalue weighted by Crippen LogP contribution is -2.32. The zero-order valence-corrected chi connectivity index (χ0v) is 13.6. The molecule has 0 aromatic carbocycles. The topological polar surface area (TPSA) is 41.1 Å². The maximum Gasteiger partial charge on any atom is 0.230 e. The molecule has 0 atom stereocenters. The Morgan fingerprint density at radius 2 is 1.85 bits per heavy atom. The van der Waals surface area contributed by atoms with Gasteiger partial charge in [-0.1, -0.05) is 32.6 Å². The highest BCUT2D eigenvalue weighted by Crippen LogP contribution is 2.29. The molecule has 0 aromatic heterocycles. The van der Waals surface area contributed by atoms with Gasteiger partial charge in [-0.15, -0.1) is 11.8 Å². The van der Waals surface area contributed by atoms with Crippen LogP contribution in [0.4, 0.5) is 0 Å². The van der Waals surface area contributed by atoms with Crippen LogP contribution >= 0.6 is 11.8 Å². The van der Waals surface area contributed by atoms with E-state index in [4.69, 9.17) is 0 Å². The third kappa shape index (κ3) is 6.04. The fraction of sp³-hybridized carbons (Fsp3) is 0.938. The van der Waals surface area contributed by atoms with Crippen LogP contribution in [0, 0.1) is 11.8 Å². The van der Waals surface area contributed by atoms with Crippen molar-refractivity contribution in [1.82, 2.24) is 10.6 Å². The Kier molecular flexibility index (Phi) is 7.22. The summed E-state index contributed by atoms with van der Waals surface area (Å²) in [7, 11) is 0. The number of carbonyl (C=O) groups excluding carboxylic acids is 1. The second kappa shape index (κ2) is 8.93. The smallest absolute Gasteiger partial charge is 0.230 e. The third-order valence-corrected chi connectivity index (χ3v) is 6.12. The summed E-state index contributed by atoms with van der Waals surface area (Å²) in [5.74, 6) is 2.65. The van der Waals surface area contributed by atoms with Crippen molar-refractivity contribution in [2.75, 3.05) is 25.4 Å². The second-order valence-electron chi connectivity index (χ2n) is 6.52. The molecule has 1 aliphatic heterocycles. The number of amides is 1. The Bertz CT molecular complexity index is 284. The van der Waals surface area contributed by atoms with Gasteiger partial charge in [-0.25, -0.2) is 0 Å². The van der Waals surface area contributed by atoms with Gasteiger partial charge < -0.3 is 10.6 Å². The first kappa shape index (κ1) is 16.2. The predicted molar refractivity (Wildman–Crippen MR) is 87.1 cm³/mol. The maximum absolute atomic E-state index is 11.8. The lowest BCUT2D eigenvalue weighted by atomic mass is 9.81. The summed E-state index contributed by atoms with van der Waals surface area (Å²) in [5.41, 5.74) is 0. The lowest BCUT2D eigenvalue weighted by molar-refractivity contribution is -0.118. The van der Waals surface area contributed by atoms with E-state index in [1.165, 1.54) is 44.9 Å². The molecule has 0 radical (unpaired) electrons. The van der Waals surface area contributed by atoms with Crippen LogP contribution in [0.1, 0.15) is 51.9 Å². The van der Waals surface area contributed by atoms with Crippen LogP contribution in [-0.4, -0.2) is 36.5 Å². The van der Waals surface area contributed by atoms with Crippen LogP contribution in [0.2, 0.25) is 0 Å². The first-order chi connectivity index (χ1) is 9.74. The molecule has 1 aliphatic carbocycles. The van der Waals surface area contributed by atoms with Crippen LogP contribution in [-0.2, 0) is 4.79 Å². The van der Waals surface area contributed by atoms with Crippen molar-refractivity contribution < 1.29 is 4.79 Å². The number of nitrogens with one attached hydrogen (secondary N) is 2. The van der Waals surface area contributed by atoms with Crippen LogP contribution in [0.3, 0.4) is 0 Å². The summed E-state index contributed by atoms with van der Waals surface area (Å²) in [6, 6.07) is 0. The summed E-state index contributed by atoms with van der Waals surface area (Å²) >= 11 is 1.84. The van der Waals surface area contributed by atoms with Gasteiger partial charge in [-0.05, 0) is 44.2 Å². The third-order valence-electron chi connectivity index (χ3n) is 4.75. The molecule has 1 saturated heterocycles. The zero-order chi connectivity index (χ0) is 14.2. The molecule has 0 spiro atoms. The molecule has 0 unspecified atom stereocenters. The summed E-state index contributed by atoms with van der Waals surface area (Å²) < 4.78 is 0. The van der Waals surface area contributed by atoms with Gasteiger partial charge in [-0.2, -0.15) is 0 Å². The van der Waals surface area contributed by atoms with Crippen molar-refractivity contribution in [2.45, 2.75) is 57.1 Å². The molecule has 20 heavy (non-hydrogen) atoms. The number of hydrogen-bond donors (Lipinski definition) is 2. The SMILES string of the molecule is CC1CCC(CCNC(=O)CSC2CCNCC2)CC1. The summed E-state index contributed by atoms with van der Waals surface area (Å²) in [6.45, 7) is 5.46. The highest BCUT2D eigenvalue weighted by Gasteiger charge is 2.18. The Balaban J connectivity index is 1.49. The van der Waals surface area contributed by atoms with Gasteiger partial charge in [0.1, 0.15) is 0 Å². The van der Waals surface area contributed by atoms with Crippen molar-refractivity contribution in [3.8, 4) is 0 Å². The minimum Gasteiger partial charge on any atom is -0.355 e. The standard InChI is InChI=1S/C16H30N2OS/c1-13-2-4-14(5-3-13)6-11-18-16(19)12-20-15-7-9-17-10-8-15/h13-15,17H,2-12H2,1H3,(H,18,19). The normalized spacial score (nSPS) is 28.2. The molecule has 2 fully saturated rings. The molecule has 2 aliphatic rings. The largest absolute Gasteiger partial charge is 0.355 e. The highest BCUT2D eigenvalue weighted by molar-refractivity contribution is 8.00. The molecular weight excluding hydrogens is 268 g/mol. The quantitative estimate of drug-likeness (QED) is 0.792. The molecule has 4 heteroatoms. The summed E-state index contributed by atoms with van der Waals surface area (Å²) in [4.78, 5) is 11.8. The van der Waals surface area contributed by atoms with E-state index in [1.54, 1.807) is 0 Å². The van der Waals surface area contributed by atoms with Crippen LogP contribution in [0.25, 0.3) is 0 Å². The van der Waals surface area contributed by atoms with Gasteiger partial charge in [0, 0.05) is 11.8 Å². The number of rotatable bonds is 6. The molecule has 1 saturated carbocycles. The Labute approximate surface area is 128 Å². The molecule has 1 amide bonds. The van der Waals surface area contributed by atoms with Crippen LogP contribution in [0.5, 0.6) is 0 Å². The molecule has 0 bridgehead atoms. The first-order valence-electron chi connectivity index (χ1n) is 8.33. The molecule has 116 valence electrons. The van der Waals surface area contributed by atoms with E-state index in [-0.39, 0.29) is 5.91 Å². The number of piperidine rings is 1. The Hall–Kier alpha value is -0.220. The molecule has 3 nitrogen and oxygen atoms in total. The highest BCUT2D eigenvalue weighted by atomic mass is 32.2. The van der Waals surface area contributed by atoms with E-state index in [2.05, 4.69) is 17.6 Å². The number of thioether (sulfide) groups is 1. The molecular formula is C16H30N2OS. The zero-order valence-electron chi connectivity index (χ0n) is 12.8. The molecule has 2 rings (SSSR count). The van der Waals surface area contributed by atoms with E-state index in [1.807, 2.05) is 11.8 Å². The van der Waals surface area contributed by atoms with E-state index in [9.17, 15) is 4.79 Å². The maximum atomic E-state index is 11.8. The van der Waals surface area contributed by atoms with Gasteiger partial charge in [0.15, 0.2) is 0 Å². The summed E-state index contributed by atoms with van der Waals surface area (Å²) in [6.07, 6.45) is 9.07. The first-order valence-corrected chi connectivity index (χ1v) is 9.38. The van der Waals surface area contributed by atoms with Gasteiger partial charge in [0.05, 0.1) is 5.75 Å². The second-order valence-corrected chi connectivity index (χ2v) is 7.81. The minimum absolute atomic E-state index is 0.234. The van der Waals surface area contributed by atoms with E-state index >= 15 is 0 Å². The molecule has 1 heterocycles. The van der Waals surface area contributed by atoms with E-state index in [0.717, 1.165) is 31.5 Å².